The summed E-state index contributed by atoms with van der Waals surface area (Å²) in [6, 6.07) is 10.5. The van der Waals surface area contributed by atoms with E-state index < -0.39 is 0 Å². The Morgan fingerprint density at radius 3 is 2.50 bits per heavy atom. The molecule has 1 aromatic heterocycles. The number of hydrogen-bond donors (Lipinski definition) is 1. The SMILES string of the molecule is CC[NH+](CC)CCn1c(-c2ccccc2)nc(=S)c2c1CCCC2. The van der Waals surface area contributed by atoms with Gasteiger partial charge >= 0.3 is 0 Å². The number of nitrogens with zero attached hydrogens (tertiary/aromatic N) is 2. The van der Waals surface area contributed by atoms with Crippen molar-refractivity contribution in [2.75, 3.05) is 19.6 Å². The minimum atomic E-state index is 0.815. The summed E-state index contributed by atoms with van der Waals surface area (Å²) in [6.45, 7) is 9.04. The molecule has 3 rings (SSSR count). The predicted octanol–water partition coefficient (Wildman–Crippen LogP) is 3.08. The van der Waals surface area contributed by atoms with Crippen LogP contribution in [0.25, 0.3) is 11.4 Å². The first-order valence-corrected chi connectivity index (χ1v) is 9.67. The fourth-order valence-corrected chi connectivity index (χ4v) is 4.00. The van der Waals surface area contributed by atoms with E-state index in [4.69, 9.17) is 17.2 Å². The van der Waals surface area contributed by atoms with E-state index in [1.165, 1.54) is 42.8 Å². The third-order valence-electron chi connectivity index (χ3n) is 5.21. The van der Waals surface area contributed by atoms with Crippen LogP contribution in [0, 0.1) is 4.64 Å². The molecule has 0 radical (unpaired) electrons. The molecule has 2 aromatic rings. The van der Waals surface area contributed by atoms with Gasteiger partial charge in [0.05, 0.1) is 26.2 Å². The van der Waals surface area contributed by atoms with Gasteiger partial charge in [0.1, 0.15) is 10.5 Å². The van der Waals surface area contributed by atoms with Gasteiger partial charge in [-0.3, -0.25) is 0 Å². The van der Waals surface area contributed by atoms with Gasteiger partial charge in [0.25, 0.3) is 0 Å². The molecule has 128 valence electrons. The highest BCUT2D eigenvalue weighted by atomic mass is 32.1. The lowest BCUT2D eigenvalue weighted by Crippen LogP contribution is -3.11. The first-order chi connectivity index (χ1) is 11.7. The Bertz CT molecular complexity index is 733. The zero-order valence-corrected chi connectivity index (χ0v) is 15.7. The van der Waals surface area contributed by atoms with E-state index in [1.807, 2.05) is 0 Å². The van der Waals surface area contributed by atoms with Crippen LogP contribution in [-0.2, 0) is 19.4 Å². The molecule has 0 bridgehead atoms. The molecule has 0 spiro atoms. The highest BCUT2D eigenvalue weighted by Gasteiger charge is 2.19. The van der Waals surface area contributed by atoms with Crippen molar-refractivity contribution in [3.63, 3.8) is 0 Å². The van der Waals surface area contributed by atoms with Gasteiger partial charge in [0.2, 0.25) is 0 Å². The van der Waals surface area contributed by atoms with Crippen molar-refractivity contribution >= 4 is 12.2 Å². The van der Waals surface area contributed by atoms with Crippen LogP contribution >= 0.6 is 12.2 Å². The van der Waals surface area contributed by atoms with Crippen molar-refractivity contribution in [3.05, 3.63) is 46.2 Å². The Balaban J connectivity index is 2.07. The molecule has 1 aromatic carbocycles. The lowest BCUT2D eigenvalue weighted by Gasteiger charge is -2.25. The van der Waals surface area contributed by atoms with Crippen molar-refractivity contribution < 1.29 is 4.90 Å². The monoisotopic (exact) mass is 342 g/mol. The van der Waals surface area contributed by atoms with E-state index in [1.54, 1.807) is 4.90 Å². The summed E-state index contributed by atoms with van der Waals surface area (Å²) in [7, 11) is 0. The van der Waals surface area contributed by atoms with E-state index >= 15 is 0 Å². The molecular weight excluding hydrogens is 314 g/mol. The molecule has 1 aliphatic rings. The molecular formula is C20H28N3S+. The van der Waals surface area contributed by atoms with Gasteiger partial charge in [-0.25, -0.2) is 4.98 Å². The Morgan fingerprint density at radius 1 is 1.08 bits per heavy atom. The zero-order valence-electron chi connectivity index (χ0n) is 14.8. The summed E-state index contributed by atoms with van der Waals surface area (Å²) in [4.78, 5) is 6.49. The van der Waals surface area contributed by atoms with Gasteiger partial charge in [-0.1, -0.05) is 42.5 Å². The molecule has 4 heteroatoms. The highest BCUT2D eigenvalue weighted by molar-refractivity contribution is 7.71. The van der Waals surface area contributed by atoms with Gasteiger partial charge in [0.15, 0.2) is 0 Å². The van der Waals surface area contributed by atoms with Gasteiger partial charge in [0, 0.05) is 16.8 Å². The largest absolute Gasteiger partial charge is 0.334 e. The molecule has 0 atom stereocenters. The van der Waals surface area contributed by atoms with Crippen LogP contribution < -0.4 is 4.90 Å². The second-order valence-electron chi connectivity index (χ2n) is 6.60. The molecule has 0 fully saturated rings. The van der Waals surface area contributed by atoms with Crippen LogP contribution in [0.15, 0.2) is 30.3 Å². The van der Waals surface area contributed by atoms with Crippen LogP contribution in [0.1, 0.15) is 37.9 Å². The number of hydrogen-bond acceptors (Lipinski definition) is 2. The van der Waals surface area contributed by atoms with Crippen molar-refractivity contribution in [1.82, 2.24) is 9.55 Å². The fraction of sp³-hybridized carbons (Fsp3) is 0.500. The Morgan fingerprint density at radius 2 is 1.79 bits per heavy atom. The molecule has 1 N–H and O–H groups in total. The maximum atomic E-state index is 5.64. The zero-order chi connectivity index (χ0) is 16.9. The highest BCUT2D eigenvalue weighted by Crippen LogP contribution is 2.27. The average molecular weight is 343 g/mol. The van der Waals surface area contributed by atoms with Crippen molar-refractivity contribution in [3.8, 4) is 11.4 Å². The second-order valence-corrected chi connectivity index (χ2v) is 6.98. The lowest BCUT2D eigenvalue weighted by atomic mass is 9.96. The third kappa shape index (κ3) is 3.60. The summed E-state index contributed by atoms with van der Waals surface area (Å²) in [5, 5.41) is 0. The molecule has 24 heavy (non-hydrogen) atoms. The average Bonchev–Trinajstić information content (AvgIpc) is 2.64. The van der Waals surface area contributed by atoms with Crippen molar-refractivity contribution in [2.45, 2.75) is 46.1 Å². The smallest absolute Gasteiger partial charge is 0.141 e. The minimum absolute atomic E-state index is 0.815. The van der Waals surface area contributed by atoms with E-state index in [-0.39, 0.29) is 0 Å². The van der Waals surface area contributed by atoms with Crippen LogP contribution in [0.4, 0.5) is 0 Å². The van der Waals surface area contributed by atoms with Gasteiger partial charge < -0.3 is 9.47 Å². The summed E-state index contributed by atoms with van der Waals surface area (Å²) in [6.07, 6.45) is 4.73. The Kier molecular flexibility index (Phi) is 5.80. The Hall–Kier alpha value is -1.52. The summed E-state index contributed by atoms with van der Waals surface area (Å²) < 4.78 is 3.28. The first-order valence-electron chi connectivity index (χ1n) is 9.26. The maximum absolute atomic E-state index is 5.64. The minimum Gasteiger partial charge on any atom is -0.334 e. The summed E-state index contributed by atoms with van der Waals surface area (Å²) in [5.74, 6) is 1.05. The first kappa shape index (κ1) is 17.3. The Labute approximate surface area is 150 Å². The standard InChI is InChI=1S/C20H27N3S/c1-3-22(4-2)14-15-23-18-13-9-8-12-17(18)20(24)21-19(23)16-10-6-5-7-11-16/h5-7,10-11H,3-4,8-9,12-15H2,1-2H3/p+1. The number of aromatic nitrogens is 2. The van der Waals surface area contributed by atoms with E-state index in [0.717, 1.165) is 36.4 Å². The molecule has 0 unspecified atom stereocenters. The van der Waals surface area contributed by atoms with Gasteiger partial charge in [-0.15, -0.1) is 0 Å². The van der Waals surface area contributed by atoms with Gasteiger partial charge in [-0.05, 0) is 39.5 Å². The van der Waals surface area contributed by atoms with Crippen molar-refractivity contribution in [2.24, 2.45) is 0 Å². The molecule has 0 saturated heterocycles. The number of likely N-dealkylation sites (N-methyl/N-ethyl adjacent to an activating group) is 1. The molecule has 0 saturated carbocycles. The number of nitrogens with one attached hydrogen (secondary N) is 1. The van der Waals surface area contributed by atoms with Crippen molar-refractivity contribution in [1.29, 1.82) is 0 Å². The third-order valence-corrected chi connectivity index (χ3v) is 5.54. The second kappa shape index (κ2) is 8.04. The van der Waals surface area contributed by atoms with Crippen LogP contribution in [-0.4, -0.2) is 29.2 Å². The summed E-state index contributed by atoms with van der Waals surface area (Å²) >= 11 is 5.64. The van der Waals surface area contributed by atoms with E-state index in [9.17, 15) is 0 Å². The van der Waals surface area contributed by atoms with Crippen LogP contribution in [0.5, 0.6) is 0 Å². The van der Waals surface area contributed by atoms with Crippen LogP contribution in [0.3, 0.4) is 0 Å². The van der Waals surface area contributed by atoms with Crippen LogP contribution in [0.2, 0.25) is 0 Å². The normalized spacial score (nSPS) is 14.0. The maximum Gasteiger partial charge on any atom is 0.141 e. The fourth-order valence-electron chi connectivity index (χ4n) is 3.69. The number of fused-ring (bicyclic) bond motifs is 1. The number of quaternary nitrogens is 1. The molecule has 1 heterocycles. The quantitative estimate of drug-likeness (QED) is 0.815. The van der Waals surface area contributed by atoms with E-state index in [0.29, 0.717) is 0 Å². The van der Waals surface area contributed by atoms with Gasteiger partial charge in [-0.2, -0.15) is 0 Å². The molecule has 1 aliphatic carbocycles. The lowest BCUT2D eigenvalue weighted by molar-refractivity contribution is -0.897. The van der Waals surface area contributed by atoms with E-state index in [2.05, 4.69) is 48.7 Å². The molecule has 0 amide bonds. The molecule has 3 nitrogen and oxygen atoms in total. The number of rotatable bonds is 6. The topological polar surface area (TPSA) is 22.3 Å². The molecule has 0 aliphatic heterocycles. The predicted molar refractivity (Wildman–Crippen MR) is 102 cm³/mol. The summed E-state index contributed by atoms with van der Waals surface area (Å²) in [5.41, 5.74) is 3.93. The number of benzene rings is 1.